The van der Waals surface area contributed by atoms with Gasteiger partial charge in [-0.05, 0) is 51.1 Å². The summed E-state index contributed by atoms with van der Waals surface area (Å²) in [6.07, 6.45) is 7.79. The summed E-state index contributed by atoms with van der Waals surface area (Å²) in [4.78, 5) is 0. The summed E-state index contributed by atoms with van der Waals surface area (Å²) in [6.45, 7) is 4.11. The molecule has 3 aliphatic rings. The molecule has 0 aromatic heterocycles. The van der Waals surface area contributed by atoms with Crippen LogP contribution in [0.4, 0.5) is 0 Å². The van der Waals surface area contributed by atoms with Gasteiger partial charge in [0.25, 0.3) is 0 Å². The van der Waals surface area contributed by atoms with Crippen LogP contribution in [-0.2, 0) is 9.47 Å². The van der Waals surface area contributed by atoms with Crippen molar-refractivity contribution in [2.75, 3.05) is 26.3 Å². The molecule has 3 fully saturated rings. The summed E-state index contributed by atoms with van der Waals surface area (Å²) in [5.74, 6) is 0.881. The van der Waals surface area contributed by atoms with Crippen LogP contribution in [0.15, 0.2) is 0 Å². The van der Waals surface area contributed by atoms with Gasteiger partial charge in [-0.3, -0.25) is 0 Å². The number of hydrogen-bond donors (Lipinski definition) is 1. The Labute approximate surface area is 97.9 Å². The van der Waals surface area contributed by atoms with Gasteiger partial charge in [0.2, 0.25) is 0 Å². The van der Waals surface area contributed by atoms with Gasteiger partial charge < -0.3 is 14.8 Å². The highest BCUT2D eigenvalue weighted by Crippen LogP contribution is 2.36. The Morgan fingerprint density at radius 3 is 2.75 bits per heavy atom. The first kappa shape index (κ1) is 11.0. The molecule has 0 bridgehead atoms. The minimum absolute atomic E-state index is 0.151. The first-order valence-corrected chi connectivity index (χ1v) is 6.83. The van der Waals surface area contributed by atoms with E-state index in [1.54, 1.807) is 0 Å². The van der Waals surface area contributed by atoms with Gasteiger partial charge in [-0.2, -0.15) is 0 Å². The van der Waals surface area contributed by atoms with Crippen molar-refractivity contribution < 1.29 is 9.47 Å². The van der Waals surface area contributed by atoms with Gasteiger partial charge in [-0.1, -0.05) is 0 Å². The van der Waals surface area contributed by atoms with Crippen molar-refractivity contribution in [2.45, 2.75) is 50.2 Å². The zero-order valence-electron chi connectivity index (χ0n) is 10.0. The van der Waals surface area contributed by atoms with Gasteiger partial charge in [-0.25, -0.2) is 0 Å². The average molecular weight is 225 g/mol. The Balaban J connectivity index is 1.51. The first-order chi connectivity index (χ1) is 7.86. The molecule has 3 rings (SSSR count). The fraction of sp³-hybridized carbons (Fsp3) is 1.00. The van der Waals surface area contributed by atoms with E-state index in [4.69, 9.17) is 9.47 Å². The Kier molecular flexibility index (Phi) is 3.18. The quantitative estimate of drug-likeness (QED) is 0.793. The maximum absolute atomic E-state index is 6.04. The first-order valence-electron chi connectivity index (χ1n) is 6.83. The molecule has 3 heteroatoms. The third-order valence-electron chi connectivity index (χ3n) is 4.23. The molecule has 2 saturated heterocycles. The summed E-state index contributed by atoms with van der Waals surface area (Å²) in [5, 5.41) is 3.41. The van der Waals surface area contributed by atoms with Gasteiger partial charge in [0.15, 0.2) is 0 Å². The molecule has 0 radical (unpaired) electrons. The predicted octanol–water partition coefficient (Wildman–Crippen LogP) is 1.71. The van der Waals surface area contributed by atoms with Crippen LogP contribution >= 0.6 is 0 Å². The molecular weight excluding hydrogens is 202 g/mol. The second-order valence-corrected chi connectivity index (χ2v) is 5.67. The van der Waals surface area contributed by atoms with Crippen molar-refractivity contribution in [2.24, 2.45) is 5.92 Å². The molecule has 1 spiro atoms. The van der Waals surface area contributed by atoms with Crippen molar-refractivity contribution in [3.8, 4) is 0 Å². The molecule has 1 aliphatic carbocycles. The van der Waals surface area contributed by atoms with E-state index in [0.29, 0.717) is 6.10 Å². The molecule has 0 unspecified atom stereocenters. The Morgan fingerprint density at radius 2 is 2.00 bits per heavy atom. The van der Waals surface area contributed by atoms with E-state index in [2.05, 4.69) is 5.32 Å². The standard InChI is InChI=1S/C13H23NO2/c1-2-11(1)10-15-12-3-8-16-13(9-12)4-6-14-7-5-13/h11-12,14H,1-10H2/t12-/m1/s1. The van der Waals surface area contributed by atoms with Crippen molar-refractivity contribution >= 4 is 0 Å². The van der Waals surface area contributed by atoms with E-state index < -0.39 is 0 Å². The Hall–Kier alpha value is -0.120. The van der Waals surface area contributed by atoms with Crippen molar-refractivity contribution in [1.29, 1.82) is 0 Å². The second-order valence-electron chi connectivity index (χ2n) is 5.67. The van der Waals surface area contributed by atoms with E-state index in [1.165, 1.54) is 12.8 Å². The lowest BCUT2D eigenvalue weighted by molar-refractivity contribution is -0.146. The van der Waals surface area contributed by atoms with Crippen molar-refractivity contribution in [3.05, 3.63) is 0 Å². The minimum Gasteiger partial charge on any atom is -0.378 e. The fourth-order valence-electron chi connectivity index (χ4n) is 2.91. The molecule has 92 valence electrons. The third kappa shape index (κ3) is 2.58. The molecule has 3 nitrogen and oxygen atoms in total. The van der Waals surface area contributed by atoms with Gasteiger partial charge >= 0.3 is 0 Å². The normalized spacial score (nSPS) is 34.1. The monoisotopic (exact) mass is 225 g/mol. The summed E-state index contributed by atoms with van der Waals surface area (Å²) in [5.41, 5.74) is 0.151. The topological polar surface area (TPSA) is 30.5 Å². The maximum Gasteiger partial charge on any atom is 0.0731 e. The summed E-state index contributed by atoms with van der Waals surface area (Å²) < 4.78 is 12.1. The van der Waals surface area contributed by atoms with Crippen LogP contribution in [0.25, 0.3) is 0 Å². The van der Waals surface area contributed by atoms with Crippen LogP contribution < -0.4 is 5.32 Å². The van der Waals surface area contributed by atoms with Crippen molar-refractivity contribution in [3.63, 3.8) is 0 Å². The maximum atomic E-state index is 6.04. The smallest absolute Gasteiger partial charge is 0.0731 e. The van der Waals surface area contributed by atoms with Crippen LogP contribution in [0.5, 0.6) is 0 Å². The van der Waals surface area contributed by atoms with E-state index >= 15 is 0 Å². The highest BCUT2D eigenvalue weighted by Gasteiger charge is 2.39. The highest BCUT2D eigenvalue weighted by molar-refractivity contribution is 4.91. The molecule has 2 aliphatic heterocycles. The molecule has 1 atom stereocenters. The average Bonchev–Trinajstić information content (AvgIpc) is 3.11. The van der Waals surface area contributed by atoms with Gasteiger partial charge in [0, 0.05) is 19.6 Å². The largest absolute Gasteiger partial charge is 0.378 e. The molecule has 1 saturated carbocycles. The van der Waals surface area contributed by atoms with Crippen LogP contribution in [0, 0.1) is 5.92 Å². The zero-order valence-corrected chi connectivity index (χ0v) is 10.0. The second kappa shape index (κ2) is 4.63. The predicted molar refractivity (Wildman–Crippen MR) is 62.5 cm³/mol. The summed E-state index contributed by atoms with van der Waals surface area (Å²) in [6, 6.07) is 0. The number of nitrogens with one attached hydrogen (secondary N) is 1. The molecule has 2 heterocycles. The molecule has 0 aromatic rings. The van der Waals surface area contributed by atoms with Gasteiger partial charge in [-0.15, -0.1) is 0 Å². The van der Waals surface area contributed by atoms with Crippen LogP contribution in [0.2, 0.25) is 0 Å². The lowest BCUT2D eigenvalue weighted by Gasteiger charge is -2.43. The van der Waals surface area contributed by atoms with Gasteiger partial charge in [0.05, 0.1) is 11.7 Å². The van der Waals surface area contributed by atoms with Crippen LogP contribution in [0.3, 0.4) is 0 Å². The molecule has 16 heavy (non-hydrogen) atoms. The van der Waals surface area contributed by atoms with Crippen LogP contribution in [-0.4, -0.2) is 38.0 Å². The van der Waals surface area contributed by atoms with Crippen molar-refractivity contribution in [1.82, 2.24) is 5.32 Å². The fourth-order valence-corrected chi connectivity index (χ4v) is 2.91. The van der Waals surface area contributed by atoms with Gasteiger partial charge in [0.1, 0.15) is 0 Å². The summed E-state index contributed by atoms with van der Waals surface area (Å²) in [7, 11) is 0. The molecule has 0 aromatic carbocycles. The van der Waals surface area contributed by atoms with E-state index in [-0.39, 0.29) is 5.60 Å². The minimum atomic E-state index is 0.151. The lowest BCUT2D eigenvalue weighted by Crippen LogP contribution is -2.49. The molecular formula is C13H23NO2. The number of hydrogen-bond acceptors (Lipinski definition) is 3. The van der Waals surface area contributed by atoms with Crippen LogP contribution in [0.1, 0.15) is 38.5 Å². The SMILES string of the molecule is C1CC2(CCN1)C[C@H](OCC1CC1)CCO2. The number of rotatable bonds is 3. The lowest BCUT2D eigenvalue weighted by atomic mass is 9.84. The highest BCUT2D eigenvalue weighted by atomic mass is 16.5. The van der Waals surface area contributed by atoms with E-state index in [9.17, 15) is 0 Å². The molecule has 0 amide bonds. The zero-order chi connectivity index (χ0) is 10.8. The summed E-state index contributed by atoms with van der Waals surface area (Å²) >= 11 is 0. The number of ether oxygens (including phenoxy) is 2. The van der Waals surface area contributed by atoms with E-state index in [0.717, 1.165) is 57.9 Å². The molecule has 1 N–H and O–H groups in total. The Bertz CT molecular complexity index is 229. The third-order valence-corrected chi connectivity index (χ3v) is 4.23. The Morgan fingerprint density at radius 1 is 1.19 bits per heavy atom. The van der Waals surface area contributed by atoms with E-state index in [1.807, 2.05) is 0 Å². The number of piperidine rings is 1.